The van der Waals surface area contributed by atoms with Crippen LogP contribution in [0.1, 0.15) is 42.7 Å². The zero-order valence-electron chi connectivity index (χ0n) is 22.1. The zero-order valence-corrected chi connectivity index (χ0v) is 22.1. The Morgan fingerprint density at radius 3 is 2.33 bits per heavy atom. The van der Waals surface area contributed by atoms with Crippen LogP contribution in [0.4, 0.5) is 26.1 Å². The summed E-state index contributed by atoms with van der Waals surface area (Å²) in [6.07, 6.45) is 6.95. The highest BCUT2D eigenvalue weighted by Gasteiger charge is 2.41. The molecule has 1 N–H and O–H groups in total. The van der Waals surface area contributed by atoms with E-state index >= 15 is 0 Å². The average molecular weight is 539 g/mol. The van der Waals surface area contributed by atoms with Crippen LogP contribution in [-0.4, -0.2) is 50.5 Å². The third kappa shape index (κ3) is 5.17. The van der Waals surface area contributed by atoms with Crippen LogP contribution < -0.4 is 24.4 Å². The molecule has 2 aliphatic heterocycles. The van der Waals surface area contributed by atoms with E-state index in [1.165, 1.54) is 25.6 Å². The lowest BCUT2D eigenvalue weighted by Gasteiger charge is -2.48. The monoisotopic (exact) mass is 538 g/mol. The maximum Gasteiger partial charge on any atom is 0.227 e. The molecule has 1 aromatic heterocycles. The van der Waals surface area contributed by atoms with Gasteiger partial charge < -0.3 is 29.2 Å². The van der Waals surface area contributed by atoms with Gasteiger partial charge in [0.05, 0.1) is 51.1 Å². The second-order valence-corrected chi connectivity index (χ2v) is 10.6. The van der Waals surface area contributed by atoms with Crippen molar-refractivity contribution in [2.75, 3.05) is 50.7 Å². The highest BCUT2D eigenvalue weighted by Crippen LogP contribution is 2.44. The number of hydrogen-bond donors (Lipinski definition) is 1. The Balaban J connectivity index is 1.10. The minimum Gasteiger partial charge on any atom is -0.495 e. The zero-order chi connectivity index (χ0) is 27.0. The Morgan fingerprint density at radius 2 is 1.72 bits per heavy atom. The van der Waals surface area contributed by atoms with Crippen molar-refractivity contribution in [2.24, 2.45) is 5.41 Å². The van der Waals surface area contributed by atoms with Gasteiger partial charge in [0.15, 0.2) is 17.3 Å². The molecule has 2 aromatic carbocycles. The molecule has 206 valence electrons. The quantitative estimate of drug-likeness (QED) is 0.378. The number of hydrogen-bond acceptors (Lipinski definition) is 8. The highest BCUT2D eigenvalue weighted by molar-refractivity contribution is 5.67. The number of anilines is 3. The summed E-state index contributed by atoms with van der Waals surface area (Å²) in [6, 6.07) is 7.38. The molecule has 0 atom stereocenters. The van der Waals surface area contributed by atoms with Gasteiger partial charge in [-0.15, -0.1) is 0 Å². The van der Waals surface area contributed by atoms with Crippen molar-refractivity contribution in [2.45, 2.75) is 38.2 Å². The first kappa shape index (κ1) is 25.6. The predicted molar refractivity (Wildman–Crippen MR) is 142 cm³/mol. The van der Waals surface area contributed by atoms with Crippen LogP contribution in [-0.2, 0) is 11.3 Å². The van der Waals surface area contributed by atoms with Crippen LogP contribution in [0.3, 0.4) is 0 Å². The van der Waals surface area contributed by atoms with Crippen LogP contribution in [0.5, 0.6) is 17.2 Å². The van der Waals surface area contributed by atoms with E-state index in [0.717, 1.165) is 69.1 Å². The number of ether oxygens (including phenoxy) is 4. The van der Waals surface area contributed by atoms with Crippen molar-refractivity contribution in [1.82, 2.24) is 9.97 Å². The van der Waals surface area contributed by atoms with Crippen LogP contribution in [0, 0.1) is 17.0 Å². The molecule has 3 aliphatic rings. The number of halogens is 2. The fraction of sp³-hybridized carbons (Fsp3) is 0.448. The summed E-state index contributed by atoms with van der Waals surface area (Å²) in [4.78, 5) is 11.0. The topological polar surface area (TPSA) is 78.0 Å². The molecule has 0 unspecified atom stereocenters. The predicted octanol–water partition coefficient (Wildman–Crippen LogP) is 5.59. The summed E-state index contributed by atoms with van der Waals surface area (Å²) in [5, 5.41) is 3.17. The molecule has 1 spiro atoms. The van der Waals surface area contributed by atoms with E-state index in [9.17, 15) is 8.78 Å². The Hall–Kier alpha value is -3.66. The van der Waals surface area contributed by atoms with E-state index in [2.05, 4.69) is 20.2 Å². The number of piperidine rings is 1. The van der Waals surface area contributed by atoms with Gasteiger partial charge in [-0.2, -0.15) is 0 Å². The summed E-state index contributed by atoms with van der Waals surface area (Å²) in [6.45, 7) is 3.40. The van der Waals surface area contributed by atoms with Crippen molar-refractivity contribution in [3.8, 4) is 17.2 Å². The van der Waals surface area contributed by atoms with E-state index < -0.39 is 11.6 Å². The van der Waals surface area contributed by atoms with Crippen LogP contribution in [0.25, 0.3) is 0 Å². The number of aromatic nitrogens is 2. The standard InChI is InChI=1S/C29H32F2N4O4/c1-36-24-11-19(5-6-23(24)35-9-7-29(8-10-35)16-38-17-29)34-28-32-13-20(14-33-28)39-15-22-26(30)21(18-3-4-18)12-25(37-2)27(22)31/h5-6,11-14,18H,3-4,7-10,15-17H2,1-2H3,(H,32,33,34). The summed E-state index contributed by atoms with van der Waals surface area (Å²) >= 11 is 0. The van der Waals surface area contributed by atoms with Gasteiger partial charge in [0, 0.05) is 30.3 Å². The first-order valence-electron chi connectivity index (χ1n) is 13.3. The molecule has 10 heteroatoms. The number of nitrogens with zero attached hydrogens (tertiary/aromatic N) is 3. The van der Waals surface area contributed by atoms with Gasteiger partial charge in [-0.1, -0.05) is 0 Å². The van der Waals surface area contributed by atoms with Gasteiger partial charge >= 0.3 is 0 Å². The van der Waals surface area contributed by atoms with Crippen molar-refractivity contribution in [1.29, 1.82) is 0 Å². The van der Waals surface area contributed by atoms with Gasteiger partial charge in [-0.25, -0.2) is 18.7 Å². The lowest BCUT2D eigenvalue weighted by atomic mass is 9.77. The smallest absolute Gasteiger partial charge is 0.227 e. The Morgan fingerprint density at radius 1 is 1.00 bits per heavy atom. The molecular formula is C29H32F2N4O4. The molecule has 1 saturated carbocycles. The normalized spacial score (nSPS) is 18.0. The SMILES string of the molecule is COc1cc(Nc2ncc(OCc3c(F)c(OC)cc(C4CC4)c3F)cn2)ccc1N1CCC2(CC1)COC2. The van der Waals surface area contributed by atoms with E-state index in [4.69, 9.17) is 18.9 Å². The molecule has 0 amide bonds. The van der Waals surface area contributed by atoms with E-state index in [-0.39, 0.29) is 23.8 Å². The molecule has 39 heavy (non-hydrogen) atoms. The maximum absolute atomic E-state index is 15.0. The molecule has 1 aliphatic carbocycles. The van der Waals surface area contributed by atoms with Gasteiger partial charge in [-0.05, 0) is 55.4 Å². The molecule has 3 heterocycles. The summed E-state index contributed by atoms with van der Waals surface area (Å²) < 4.78 is 51.6. The van der Waals surface area contributed by atoms with E-state index in [1.807, 2.05) is 18.2 Å². The van der Waals surface area contributed by atoms with Crippen molar-refractivity contribution < 1.29 is 27.7 Å². The molecule has 6 rings (SSSR count). The van der Waals surface area contributed by atoms with Crippen molar-refractivity contribution in [3.63, 3.8) is 0 Å². The van der Waals surface area contributed by atoms with Gasteiger partial charge in [0.2, 0.25) is 5.95 Å². The number of rotatable bonds is 9. The third-order valence-corrected chi connectivity index (χ3v) is 7.95. The van der Waals surface area contributed by atoms with Gasteiger partial charge in [0.1, 0.15) is 18.2 Å². The molecule has 2 saturated heterocycles. The largest absolute Gasteiger partial charge is 0.495 e. The van der Waals surface area contributed by atoms with Crippen LogP contribution in [0.2, 0.25) is 0 Å². The lowest BCUT2D eigenvalue weighted by molar-refractivity contribution is -0.124. The minimum atomic E-state index is -0.753. The summed E-state index contributed by atoms with van der Waals surface area (Å²) in [5.74, 6) is 0.222. The maximum atomic E-state index is 15.0. The molecular weight excluding hydrogens is 506 g/mol. The second kappa shape index (κ2) is 10.5. The van der Waals surface area contributed by atoms with Crippen molar-refractivity contribution >= 4 is 17.3 Å². The molecule has 0 radical (unpaired) electrons. The highest BCUT2D eigenvalue weighted by atomic mass is 19.1. The first-order valence-corrected chi connectivity index (χ1v) is 13.3. The molecule has 0 bridgehead atoms. The number of nitrogens with one attached hydrogen (secondary N) is 1. The van der Waals surface area contributed by atoms with E-state index in [0.29, 0.717) is 22.7 Å². The second-order valence-electron chi connectivity index (χ2n) is 10.6. The van der Waals surface area contributed by atoms with Crippen LogP contribution in [0.15, 0.2) is 36.7 Å². The Bertz CT molecular complexity index is 1340. The third-order valence-electron chi connectivity index (χ3n) is 7.95. The minimum absolute atomic E-state index is 0.0197. The molecule has 3 fully saturated rings. The fourth-order valence-electron chi connectivity index (χ4n) is 5.31. The van der Waals surface area contributed by atoms with Crippen molar-refractivity contribution in [3.05, 3.63) is 59.4 Å². The first-order chi connectivity index (χ1) is 19.0. The lowest BCUT2D eigenvalue weighted by Crippen LogP contribution is -2.51. The van der Waals surface area contributed by atoms with E-state index in [1.54, 1.807) is 7.11 Å². The molecule has 8 nitrogen and oxygen atoms in total. The number of methoxy groups -OCH3 is 2. The summed E-state index contributed by atoms with van der Waals surface area (Å²) in [7, 11) is 3.03. The van der Waals surface area contributed by atoms with Gasteiger partial charge in [-0.3, -0.25) is 0 Å². The molecule has 3 aromatic rings. The Kier molecular flexibility index (Phi) is 6.88. The Labute approximate surface area is 226 Å². The fourth-order valence-corrected chi connectivity index (χ4v) is 5.31. The average Bonchev–Trinajstić information content (AvgIpc) is 3.79. The van der Waals surface area contributed by atoms with Crippen LogP contribution >= 0.6 is 0 Å². The summed E-state index contributed by atoms with van der Waals surface area (Å²) in [5.41, 5.74) is 2.52. The number of benzene rings is 2. The van der Waals surface area contributed by atoms with Gasteiger partial charge in [0.25, 0.3) is 0 Å².